The van der Waals surface area contributed by atoms with Crippen molar-refractivity contribution in [2.45, 2.75) is 38.9 Å². The molecule has 1 saturated heterocycles. The van der Waals surface area contributed by atoms with E-state index in [-0.39, 0.29) is 11.9 Å². The molecule has 1 aliphatic rings. The lowest BCUT2D eigenvalue weighted by atomic mass is 10.2. The molecular weight excluding hydrogens is 304 g/mol. The van der Waals surface area contributed by atoms with E-state index in [4.69, 9.17) is 0 Å². The summed E-state index contributed by atoms with van der Waals surface area (Å²) >= 11 is 0. The number of hydrogen-bond donors (Lipinski definition) is 0. The molecule has 0 N–H and O–H groups in total. The molecule has 4 rings (SSSR count). The second-order valence-electron chi connectivity index (χ2n) is 6.24. The minimum Gasteiger partial charge on any atom is -0.336 e. The van der Waals surface area contributed by atoms with Crippen LogP contribution in [0.3, 0.4) is 0 Å². The van der Waals surface area contributed by atoms with E-state index < -0.39 is 0 Å². The molecule has 1 amide bonds. The molecule has 2 aromatic heterocycles. The molecule has 1 aliphatic heterocycles. The van der Waals surface area contributed by atoms with E-state index in [2.05, 4.69) is 15.3 Å². The van der Waals surface area contributed by atoms with Crippen molar-refractivity contribution in [3.8, 4) is 0 Å². The van der Waals surface area contributed by atoms with Crippen LogP contribution < -0.4 is 0 Å². The third kappa shape index (κ3) is 2.66. The van der Waals surface area contributed by atoms with Crippen LogP contribution >= 0.6 is 0 Å². The number of imidazole rings is 1. The van der Waals surface area contributed by atoms with Gasteiger partial charge in [-0.2, -0.15) is 0 Å². The van der Waals surface area contributed by atoms with Crippen LogP contribution in [0.1, 0.15) is 18.7 Å². The minimum absolute atomic E-state index is 0.142. The highest BCUT2D eigenvalue weighted by Gasteiger charge is 2.29. The number of nitrogens with zero attached hydrogens (tertiary/aromatic N) is 6. The molecule has 124 valence electrons. The molecule has 3 heterocycles. The first-order chi connectivity index (χ1) is 11.7. The third-order valence-corrected chi connectivity index (χ3v) is 4.71. The van der Waals surface area contributed by atoms with Gasteiger partial charge in [-0.25, -0.2) is 4.98 Å². The fourth-order valence-corrected chi connectivity index (χ4v) is 3.52. The van der Waals surface area contributed by atoms with Crippen molar-refractivity contribution in [1.82, 2.24) is 29.4 Å². The van der Waals surface area contributed by atoms with Crippen molar-refractivity contribution < 1.29 is 4.79 Å². The van der Waals surface area contributed by atoms with Crippen molar-refractivity contribution >= 4 is 16.9 Å². The van der Waals surface area contributed by atoms with Crippen LogP contribution in [-0.4, -0.2) is 47.9 Å². The first-order valence-electron chi connectivity index (χ1n) is 8.28. The Morgan fingerprint density at radius 2 is 2.21 bits per heavy atom. The molecule has 7 heteroatoms. The van der Waals surface area contributed by atoms with Gasteiger partial charge >= 0.3 is 0 Å². The summed E-state index contributed by atoms with van der Waals surface area (Å²) in [5.41, 5.74) is 1.94. The molecule has 0 spiro atoms. The lowest BCUT2D eigenvalue weighted by Gasteiger charge is -2.25. The van der Waals surface area contributed by atoms with Crippen molar-refractivity contribution in [1.29, 1.82) is 0 Å². The molecule has 24 heavy (non-hydrogen) atoms. The normalized spacial score (nSPS) is 17.7. The largest absolute Gasteiger partial charge is 0.336 e. The number of amides is 1. The number of rotatable bonds is 4. The van der Waals surface area contributed by atoms with Crippen molar-refractivity contribution in [3.63, 3.8) is 0 Å². The number of likely N-dealkylation sites (tertiary alicyclic amines) is 1. The molecule has 0 unspecified atom stereocenters. The zero-order chi connectivity index (χ0) is 16.5. The summed E-state index contributed by atoms with van der Waals surface area (Å²) in [7, 11) is 0. The summed E-state index contributed by atoms with van der Waals surface area (Å²) in [5, 5.41) is 7.86. The van der Waals surface area contributed by atoms with Crippen molar-refractivity contribution in [2.75, 3.05) is 6.54 Å². The molecule has 1 aromatic carbocycles. The standard InChI is InChI=1S/C17H20N6O/c1-13-19-15-6-2-3-7-16(15)23(13)12-17(24)22-9-4-5-14(22)11-21-10-8-18-20-21/h2-3,6-8,10,14H,4-5,9,11-12H2,1H3/t14-/m0/s1. The average Bonchev–Trinajstić information content (AvgIpc) is 3.30. The van der Waals surface area contributed by atoms with Gasteiger partial charge in [-0.3, -0.25) is 9.48 Å². The molecule has 0 radical (unpaired) electrons. The van der Waals surface area contributed by atoms with E-state index in [1.807, 2.05) is 46.9 Å². The maximum atomic E-state index is 12.9. The Balaban J connectivity index is 1.53. The third-order valence-electron chi connectivity index (χ3n) is 4.71. The smallest absolute Gasteiger partial charge is 0.242 e. The fraction of sp³-hybridized carbons (Fsp3) is 0.412. The predicted octanol–water partition coefficient (Wildman–Crippen LogP) is 1.63. The Morgan fingerprint density at radius 1 is 1.33 bits per heavy atom. The lowest BCUT2D eigenvalue weighted by Crippen LogP contribution is -2.40. The molecular formula is C17H20N6O. The number of hydrogen-bond acceptors (Lipinski definition) is 4. The van der Waals surface area contributed by atoms with Gasteiger partial charge in [0.1, 0.15) is 12.4 Å². The second kappa shape index (κ2) is 6.07. The van der Waals surface area contributed by atoms with Crippen LogP contribution in [0.15, 0.2) is 36.7 Å². The Hall–Kier alpha value is -2.70. The number of carbonyl (C=O) groups is 1. The van der Waals surface area contributed by atoms with Gasteiger partial charge in [0.2, 0.25) is 5.91 Å². The molecule has 0 saturated carbocycles. The predicted molar refractivity (Wildman–Crippen MR) is 89.2 cm³/mol. The van der Waals surface area contributed by atoms with Gasteiger partial charge in [0, 0.05) is 12.7 Å². The monoisotopic (exact) mass is 324 g/mol. The van der Waals surface area contributed by atoms with Crippen LogP contribution in [0.4, 0.5) is 0 Å². The maximum absolute atomic E-state index is 12.9. The molecule has 7 nitrogen and oxygen atoms in total. The van der Waals surface area contributed by atoms with Gasteiger partial charge in [-0.15, -0.1) is 5.10 Å². The Bertz CT molecular complexity index is 853. The van der Waals surface area contributed by atoms with E-state index in [0.717, 1.165) is 36.2 Å². The number of carbonyl (C=O) groups excluding carboxylic acids is 1. The van der Waals surface area contributed by atoms with Crippen LogP contribution in [0.5, 0.6) is 0 Å². The zero-order valence-corrected chi connectivity index (χ0v) is 13.7. The van der Waals surface area contributed by atoms with E-state index in [0.29, 0.717) is 13.1 Å². The minimum atomic E-state index is 0.142. The van der Waals surface area contributed by atoms with E-state index in [9.17, 15) is 4.79 Å². The average molecular weight is 324 g/mol. The Morgan fingerprint density at radius 3 is 3.04 bits per heavy atom. The van der Waals surface area contributed by atoms with Gasteiger partial charge in [-0.05, 0) is 31.9 Å². The van der Waals surface area contributed by atoms with Crippen LogP contribution in [0.2, 0.25) is 0 Å². The molecule has 0 aliphatic carbocycles. The summed E-state index contributed by atoms with van der Waals surface area (Å²) in [6.07, 6.45) is 5.56. The summed E-state index contributed by atoms with van der Waals surface area (Å²) in [6, 6.07) is 8.13. The summed E-state index contributed by atoms with van der Waals surface area (Å²) < 4.78 is 3.80. The van der Waals surface area contributed by atoms with Gasteiger partial charge in [-0.1, -0.05) is 17.3 Å². The number of aromatic nitrogens is 5. The van der Waals surface area contributed by atoms with Gasteiger partial charge in [0.15, 0.2) is 0 Å². The van der Waals surface area contributed by atoms with E-state index in [1.54, 1.807) is 10.9 Å². The van der Waals surface area contributed by atoms with Crippen LogP contribution in [0.25, 0.3) is 11.0 Å². The second-order valence-corrected chi connectivity index (χ2v) is 6.24. The Kier molecular flexibility index (Phi) is 3.76. The molecule has 0 bridgehead atoms. The number of aryl methyl sites for hydroxylation is 1. The van der Waals surface area contributed by atoms with Crippen molar-refractivity contribution in [2.24, 2.45) is 0 Å². The highest BCUT2D eigenvalue weighted by Crippen LogP contribution is 2.21. The highest BCUT2D eigenvalue weighted by atomic mass is 16.2. The zero-order valence-electron chi connectivity index (χ0n) is 13.7. The van der Waals surface area contributed by atoms with E-state index in [1.165, 1.54) is 0 Å². The number of benzene rings is 1. The lowest BCUT2D eigenvalue weighted by molar-refractivity contribution is -0.132. The van der Waals surface area contributed by atoms with Crippen LogP contribution in [-0.2, 0) is 17.9 Å². The Labute approximate surface area is 139 Å². The highest BCUT2D eigenvalue weighted by molar-refractivity contribution is 5.81. The van der Waals surface area contributed by atoms with E-state index >= 15 is 0 Å². The van der Waals surface area contributed by atoms with Gasteiger partial charge < -0.3 is 9.47 Å². The first-order valence-corrected chi connectivity index (χ1v) is 8.28. The van der Waals surface area contributed by atoms with Gasteiger partial charge in [0.25, 0.3) is 0 Å². The summed E-state index contributed by atoms with van der Waals surface area (Å²) in [4.78, 5) is 19.4. The summed E-state index contributed by atoms with van der Waals surface area (Å²) in [5.74, 6) is 1.01. The summed E-state index contributed by atoms with van der Waals surface area (Å²) in [6.45, 7) is 3.80. The van der Waals surface area contributed by atoms with Crippen LogP contribution in [0, 0.1) is 6.92 Å². The fourth-order valence-electron chi connectivity index (χ4n) is 3.52. The topological polar surface area (TPSA) is 68.8 Å². The van der Waals surface area contributed by atoms with Gasteiger partial charge in [0.05, 0.1) is 29.8 Å². The first kappa shape index (κ1) is 14.9. The number of para-hydroxylation sites is 2. The quantitative estimate of drug-likeness (QED) is 0.731. The number of fused-ring (bicyclic) bond motifs is 1. The SMILES string of the molecule is Cc1nc2ccccc2n1CC(=O)N1CCC[C@H]1Cn1ccnn1. The molecule has 1 fully saturated rings. The van der Waals surface area contributed by atoms with Crippen molar-refractivity contribution in [3.05, 3.63) is 42.5 Å². The molecule has 1 atom stereocenters. The maximum Gasteiger partial charge on any atom is 0.242 e. The molecule has 3 aromatic rings.